The van der Waals surface area contributed by atoms with E-state index in [9.17, 15) is 9.90 Å². The molecule has 3 aromatic heterocycles. The second-order valence-electron chi connectivity index (χ2n) is 12.9. The molecule has 3 heterocycles. The number of ketones is 1. The summed E-state index contributed by atoms with van der Waals surface area (Å²) in [7, 11) is 0. The molecule has 0 amide bonds. The van der Waals surface area contributed by atoms with Crippen LogP contribution in [0.2, 0.25) is 0 Å². The molecule has 4 aromatic carbocycles. The number of aliphatic hydroxyl groups is 1. The van der Waals surface area contributed by atoms with Crippen LogP contribution < -0.4 is 0 Å². The van der Waals surface area contributed by atoms with Crippen molar-refractivity contribution in [3.05, 3.63) is 103 Å². The van der Waals surface area contributed by atoms with Crippen LogP contribution in [-0.4, -0.2) is 15.9 Å². The van der Waals surface area contributed by atoms with Crippen LogP contribution in [0.1, 0.15) is 67.2 Å². The molecular formula is C42H42IrNO3S-. The second kappa shape index (κ2) is 14.3. The van der Waals surface area contributed by atoms with Crippen molar-refractivity contribution >= 4 is 70.1 Å². The number of rotatable bonds is 8. The number of para-hydroxylation sites is 2. The van der Waals surface area contributed by atoms with Crippen molar-refractivity contribution in [1.82, 2.24) is 4.98 Å². The van der Waals surface area contributed by atoms with Crippen molar-refractivity contribution in [3.63, 3.8) is 0 Å². The molecule has 0 unspecified atom stereocenters. The van der Waals surface area contributed by atoms with Crippen LogP contribution in [0.4, 0.5) is 0 Å². The summed E-state index contributed by atoms with van der Waals surface area (Å²) in [5.41, 5.74) is 3.99. The Balaban J connectivity index is 0.000000218. The Bertz CT molecular complexity index is 2270. The van der Waals surface area contributed by atoms with Gasteiger partial charge >= 0.3 is 0 Å². The van der Waals surface area contributed by atoms with Crippen molar-refractivity contribution in [2.75, 3.05) is 0 Å². The van der Waals surface area contributed by atoms with E-state index in [-0.39, 0.29) is 42.5 Å². The van der Waals surface area contributed by atoms with Crippen LogP contribution in [0.3, 0.4) is 0 Å². The number of carbonyl (C=O) groups is 1. The smallest absolute Gasteiger partial charge is 0.164 e. The number of hydrogen-bond donors (Lipinski definition) is 1. The Morgan fingerprint density at radius 2 is 1.42 bits per heavy atom. The van der Waals surface area contributed by atoms with Gasteiger partial charge in [-0.1, -0.05) is 107 Å². The predicted octanol–water partition coefficient (Wildman–Crippen LogP) is 12.6. The van der Waals surface area contributed by atoms with Gasteiger partial charge in [-0.05, 0) is 43.9 Å². The van der Waals surface area contributed by atoms with E-state index in [1.165, 1.54) is 31.6 Å². The first kappa shape index (κ1) is 35.5. The van der Waals surface area contributed by atoms with Crippen LogP contribution in [0.25, 0.3) is 64.3 Å². The maximum Gasteiger partial charge on any atom is 0.164 e. The summed E-state index contributed by atoms with van der Waals surface area (Å²) >= 11 is 1.79. The first-order chi connectivity index (χ1) is 22.7. The number of thiophene rings is 1. The van der Waals surface area contributed by atoms with E-state index in [4.69, 9.17) is 9.40 Å². The molecule has 1 N–H and O–H groups in total. The van der Waals surface area contributed by atoms with Crippen molar-refractivity contribution < 1.29 is 34.4 Å². The fourth-order valence-electron chi connectivity index (χ4n) is 6.15. The molecule has 0 spiro atoms. The van der Waals surface area contributed by atoms with Crippen LogP contribution in [0, 0.1) is 16.9 Å². The molecule has 6 heteroatoms. The molecule has 7 aromatic rings. The van der Waals surface area contributed by atoms with E-state index in [1.54, 1.807) is 11.3 Å². The molecule has 0 bridgehead atoms. The average Bonchev–Trinajstić information content (AvgIpc) is 3.70. The maximum absolute atomic E-state index is 12.2. The van der Waals surface area contributed by atoms with E-state index >= 15 is 0 Å². The minimum absolute atomic E-state index is 0. The van der Waals surface area contributed by atoms with Gasteiger partial charge in [-0.3, -0.25) is 9.78 Å². The molecule has 0 fully saturated rings. The third kappa shape index (κ3) is 6.22. The van der Waals surface area contributed by atoms with Crippen LogP contribution in [-0.2, 0) is 24.9 Å². The first-order valence-electron chi connectivity index (χ1n) is 16.7. The molecular weight excluding hydrogens is 791 g/mol. The largest absolute Gasteiger partial charge is 0.512 e. The van der Waals surface area contributed by atoms with Gasteiger partial charge in [0.1, 0.15) is 11.3 Å². The SMILES string of the molecule is CCC(C)(CC)C(=O)/C=C(\O)C(C)(CC)CC.[Ir].[c-]1ccc2c(oc3ccccc32)c1-c1nc2ccccc2c2c1sc1ccccc12. The van der Waals surface area contributed by atoms with E-state index in [1.807, 2.05) is 71.9 Å². The van der Waals surface area contributed by atoms with Gasteiger partial charge in [-0.15, -0.1) is 29.5 Å². The van der Waals surface area contributed by atoms with Crippen LogP contribution >= 0.6 is 11.3 Å². The maximum atomic E-state index is 12.2. The Morgan fingerprint density at radius 1 is 0.812 bits per heavy atom. The summed E-state index contributed by atoms with van der Waals surface area (Å²) in [4.78, 5) is 17.3. The zero-order valence-electron chi connectivity index (χ0n) is 28.4. The predicted molar refractivity (Wildman–Crippen MR) is 199 cm³/mol. The second-order valence-corrected chi connectivity index (χ2v) is 14.0. The van der Waals surface area contributed by atoms with Crippen molar-refractivity contribution in [2.45, 2.75) is 67.2 Å². The summed E-state index contributed by atoms with van der Waals surface area (Å²) in [5.74, 6) is 0.286. The molecule has 1 radical (unpaired) electrons. The van der Waals surface area contributed by atoms with Gasteiger partial charge in [0.25, 0.3) is 0 Å². The van der Waals surface area contributed by atoms with Crippen LogP contribution in [0.5, 0.6) is 0 Å². The monoisotopic (exact) mass is 833 g/mol. The third-order valence-corrected chi connectivity index (χ3v) is 11.6. The first-order valence-corrected chi connectivity index (χ1v) is 17.5. The Kier molecular flexibility index (Phi) is 10.6. The number of carbonyl (C=O) groups excluding carboxylic acids is 1. The third-order valence-electron chi connectivity index (χ3n) is 10.4. The van der Waals surface area contributed by atoms with Gasteiger partial charge in [0.2, 0.25) is 0 Å². The molecule has 7 rings (SSSR count). The quantitative estimate of drug-likeness (QED) is 0.0941. The van der Waals surface area contributed by atoms with E-state index in [2.05, 4.69) is 60.7 Å². The molecule has 0 aliphatic heterocycles. The van der Waals surface area contributed by atoms with E-state index < -0.39 is 0 Å². The summed E-state index contributed by atoms with van der Waals surface area (Å²) in [6.07, 6.45) is 4.75. The summed E-state index contributed by atoms with van der Waals surface area (Å²) in [5, 5.41) is 16.1. The number of nitrogens with zero attached hydrogens (tertiary/aromatic N) is 1. The normalized spacial score (nSPS) is 12.4. The van der Waals surface area contributed by atoms with Gasteiger partial charge < -0.3 is 9.52 Å². The van der Waals surface area contributed by atoms with Gasteiger partial charge in [0.15, 0.2) is 5.78 Å². The molecule has 0 atom stereocenters. The van der Waals surface area contributed by atoms with Crippen molar-refractivity contribution in [1.29, 1.82) is 0 Å². The van der Waals surface area contributed by atoms with Crippen molar-refractivity contribution in [3.8, 4) is 11.3 Å². The minimum atomic E-state index is -0.337. The summed E-state index contributed by atoms with van der Waals surface area (Å²) < 4.78 is 8.75. The fraction of sp³-hybridized carbons (Fsp3) is 0.286. The Morgan fingerprint density at radius 3 is 2.10 bits per heavy atom. The molecule has 0 saturated heterocycles. The molecule has 0 saturated carbocycles. The minimum Gasteiger partial charge on any atom is -0.512 e. The van der Waals surface area contributed by atoms with Crippen LogP contribution in [0.15, 0.2) is 101 Å². The number of fused-ring (bicyclic) bond motifs is 8. The van der Waals surface area contributed by atoms with Gasteiger partial charge in [0, 0.05) is 73.7 Å². The molecule has 4 nitrogen and oxygen atoms in total. The van der Waals surface area contributed by atoms with E-state index in [0.29, 0.717) is 0 Å². The summed E-state index contributed by atoms with van der Waals surface area (Å²) in [6, 6.07) is 32.7. The zero-order valence-corrected chi connectivity index (χ0v) is 31.7. The number of hydrogen-bond acceptors (Lipinski definition) is 5. The average molecular weight is 833 g/mol. The number of allylic oxidation sites excluding steroid dienone is 2. The Hall–Kier alpha value is -3.83. The van der Waals surface area contributed by atoms with E-state index in [0.717, 1.165) is 64.4 Å². The number of aliphatic hydroxyl groups excluding tert-OH is 1. The topological polar surface area (TPSA) is 63.3 Å². The number of pyridine rings is 1. The molecule has 48 heavy (non-hydrogen) atoms. The standard InChI is InChI=1S/C27H14NOS.C15H28O2.Ir/c1-4-13-21-18(9-1)24-19-10-3-6-15-23(19)30-27(24)25(28-21)20-12-7-11-17-16-8-2-5-14-22(16)29-26(17)20;1-7-14(5,8-2)12(16)11-13(17)15(6,9-3)10-4;/h1-11,13-15H;11,16H,7-10H2,1-6H3;/q-1;;/b;12-11-;. The van der Waals surface area contributed by atoms with Gasteiger partial charge in [0.05, 0.1) is 11.1 Å². The zero-order chi connectivity index (χ0) is 33.3. The Labute approximate surface area is 300 Å². The number of furan rings is 1. The summed E-state index contributed by atoms with van der Waals surface area (Å²) in [6.45, 7) is 12.1. The molecule has 0 aliphatic rings. The number of aromatic nitrogens is 1. The number of benzene rings is 4. The molecule has 0 aliphatic carbocycles. The van der Waals surface area contributed by atoms with Crippen molar-refractivity contribution in [2.24, 2.45) is 10.8 Å². The molecule has 249 valence electrons. The van der Waals surface area contributed by atoms with Gasteiger partial charge in [-0.25, -0.2) is 0 Å². The fourth-order valence-corrected chi connectivity index (χ4v) is 7.37. The van der Waals surface area contributed by atoms with Gasteiger partial charge in [-0.2, -0.15) is 0 Å².